The molecule has 0 aromatic rings. The van der Waals surface area contributed by atoms with E-state index in [1.54, 1.807) is 26.8 Å². The molecule has 7 heteroatoms. The first-order valence-corrected chi connectivity index (χ1v) is 8.13. The summed E-state index contributed by atoms with van der Waals surface area (Å²) in [4.78, 5) is 38.1. The van der Waals surface area contributed by atoms with Crippen molar-refractivity contribution in [1.29, 1.82) is 0 Å². The minimum atomic E-state index is -1.02. The Hall–Kier alpha value is -2.05. The molecule has 1 fully saturated rings. The molecule has 0 saturated carbocycles. The molecule has 1 saturated heterocycles. The normalized spacial score (nSPS) is 20.4. The van der Waals surface area contributed by atoms with Crippen molar-refractivity contribution in [1.82, 2.24) is 10.2 Å². The van der Waals surface area contributed by atoms with Gasteiger partial charge in [-0.2, -0.15) is 0 Å². The number of methoxy groups -OCH3 is 1. The summed E-state index contributed by atoms with van der Waals surface area (Å²) in [7, 11) is 1.25. The highest BCUT2D eigenvalue weighted by Gasteiger charge is 2.50. The molecule has 24 heavy (non-hydrogen) atoms. The highest BCUT2D eigenvalue weighted by molar-refractivity contribution is 5.92. The van der Waals surface area contributed by atoms with E-state index in [-0.39, 0.29) is 12.5 Å². The number of carbonyl (C=O) groups excluding carboxylic acids is 3. The lowest BCUT2D eigenvalue weighted by molar-refractivity contribution is -0.142. The van der Waals surface area contributed by atoms with E-state index in [1.165, 1.54) is 12.0 Å². The lowest BCUT2D eigenvalue weighted by Gasteiger charge is -2.37. The topological polar surface area (TPSA) is 84.9 Å². The van der Waals surface area contributed by atoms with Crippen molar-refractivity contribution >= 4 is 18.0 Å². The van der Waals surface area contributed by atoms with Crippen molar-refractivity contribution in [2.24, 2.45) is 0 Å². The van der Waals surface area contributed by atoms with Crippen LogP contribution in [0.15, 0.2) is 12.7 Å². The summed E-state index contributed by atoms with van der Waals surface area (Å²) in [6.45, 7) is 9.25. The summed E-state index contributed by atoms with van der Waals surface area (Å²) in [5.41, 5.74) is -1.67. The van der Waals surface area contributed by atoms with E-state index < -0.39 is 23.2 Å². The van der Waals surface area contributed by atoms with Crippen molar-refractivity contribution in [2.45, 2.75) is 57.6 Å². The molecule has 0 radical (unpaired) electrons. The first-order valence-electron chi connectivity index (χ1n) is 8.13. The minimum Gasteiger partial charge on any atom is -0.468 e. The number of nitrogens with zero attached hydrogens (tertiary/aromatic N) is 1. The fourth-order valence-electron chi connectivity index (χ4n) is 2.80. The Kier molecular flexibility index (Phi) is 6.81. The van der Waals surface area contributed by atoms with Crippen LogP contribution < -0.4 is 5.32 Å². The SMILES string of the molecule is C=CCC[C@@]1(C(=O)NCC(=O)OC)CCCN1C(=O)OC(C)(C)C. The number of rotatable bonds is 6. The standard InChI is InChI=1S/C17H28N2O5/c1-6-7-9-17(14(21)18-12-13(20)23-5)10-8-11-19(17)15(22)24-16(2,3)4/h6H,1,7-12H2,2-5H3,(H,18,21)/t17-/m0/s1. The lowest BCUT2D eigenvalue weighted by Crippen LogP contribution is -2.58. The number of allylic oxidation sites excluding steroid dienone is 1. The van der Waals surface area contributed by atoms with Gasteiger partial charge in [0.1, 0.15) is 17.7 Å². The van der Waals surface area contributed by atoms with Gasteiger partial charge in [0.15, 0.2) is 0 Å². The fourth-order valence-corrected chi connectivity index (χ4v) is 2.80. The van der Waals surface area contributed by atoms with Crippen molar-refractivity contribution in [3.05, 3.63) is 12.7 Å². The van der Waals surface area contributed by atoms with Gasteiger partial charge in [-0.15, -0.1) is 6.58 Å². The second kappa shape index (κ2) is 8.17. The zero-order valence-electron chi connectivity index (χ0n) is 15.0. The quantitative estimate of drug-likeness (QED) is 0.590. The van der Waals surface area contributed by atoms with Crippen LogP contribution in [0.1, 0.15) is 46.5 Å². The third-order valence-corrected chi connectivity index (χ3v) is 3.91. The summed E-state index contributed by atoms with van der Waals surface area (Å²) in [5.74, 6) is -0.901. The third kappa shape index (κ3) is 4.97. The maximum Gasteiger partial charge on any atom is 0.411 e. The Bertz CT molecular complexity index is 498. The van der Waals surface area contributed by atoms with Crippen LogP contribution in [-0.2, 0) is 19.1 Å². The summed E-state index contributed by atoms with van der Waals surface area (Å²) in [6, 6.07) is 0. The van der Waals surface area contributed by atoms with Gasteiger partial charge in [0.05, 0.1) is 7.11 Å². The van der Waals surface area contributed by atoms with E-state index in [9.17, 15) is 14.4 Å². The Labute approximate surface area is 143 Å². The Morgan fingerprint density at radius 3 is 2.54 bits per heavy atom. The number of amides is 2. The Morgan fingerprint density at radius 1 is 1.33 bits per heavy atom. The molecule has 0 aliphatic carbocycles. The number of nitrogens with one attached hydrogen (secondary N) is 1. The second-order valence-electron chi connectivity index (χ2n) is 6.85. The van der Waals surface area contributed by atoms with Gasteiger partial charge in [-0.3, -0.25) is 14.5 Å². The van der Waals surface area contributed by atoms with E-state index in [2.05, 4.69) is 16.6 Å². The number of ether oxygens (including phenoxy) is 2. The number of hydrogen-bond acceptors (Lipinski definition) is 5. The Balaban J connectivity index is 2.98. The van der Waals surface area contributed by atoms with Gasteiger partial charge in [-0.1, -0.05) is 6.08 Å². The number of hydrogen-bond donors (Lipinski definition) is 1. The second-order valence-corrected chi connectivity index (χ2v) is 6.85. The lowest BCUT2D eigenvalue weighted by atomic mass is 9.89. The average Bonchev–Trinajstić information content (AvgIpc) is 2.93. The van der Waals surface area contributed by atoms with Gasteiger partial charge >= 0.3 is 12.1 Å². The van der Waals surface area contributed by atoms with Crippen molar-refractivity contribution in [3.8, 4) is 0 Å². The largest absolute Gasteiger partial charge is 0.468 e. The maximum atomic E-state index is 12.8. The van der Waals surface area contributed by atoms with Crippen molar-refractivity contribution in [3.63, 3.8) is 0 Å². The molecule has 0 bridgehead atoms. The van der Waals surface area contributed by atoms with Crippen LogP contribution in [-0.4, -0.2) is 54.2 Å². The third-order valence-electron chi connectivity index (χ3n) is 3.91. The smallest absolute Gasteiger partial charge is 0.411 e. The molecular weight excluding hydrogens is 312 g/mol. The van der Waals surface area contributed by atoms with Crippen molar-refractivity contribution < 1.29 is 23.9 Å². The van der Waals surface area contributed by atoms with Crippen LogP contribution in [0.25, 0.3) is 0 Å². The monoisotopic (exact) mass is 340 g/mol. The van der Waals surface area contributed by atoms with Gasteiger partial charge in [0.2, 0.25) is 5.91 Å². The Morgan fingerprint density at radius 2 is 2.00 bits per heavy atom. The van der Waals surface area contributed by atoms with Crippen LogP contribution in [0.5, 0.6) is 0 Å². The summed E-state index contributed by atoms with van der Waals surface area (Å²) < 4.78 is 9.99. The van der Waals surface area contributed by atoms with Gasteiger partial charge in [-0.25, -0.2) is 4.79 Å². The predicted molar refractivity (Wildman–Crippen MR) is 89.4 cm³/mol. The van der Waals surface area contributed by atoms with Gasteiger partial charge in [0, 0.05) is 6.54 Å². The number of carbonyl (C=O) groups is 3. The molecule has 136 valence electrons. The van der Waals surface area contributed by atoms with E-state index in [0.29, 0.717) is 32.2 Å². The van der Waals surface area contributed by atoms with Crippen LogP contribution >= 0.6 is 0 Å². The first-order chi connectivity index (χ1) is 11.2. The molecule has 1 aliphatic heterocycles. The van der Waals surface area contributed by atoms with Crippen LogP contribution in [0.4, 0.5) is 4.79 Å². The molecule has 2 amide bonds. The predicted octanol–water partition coefficient (Wildman–Crippen LogP) is 2.01. The molecule has 0 spiro atoms. The zero-order chi connectivity index (χ0) is 18.4. The minimum absolute atomic E-state index is 0.229. The number of esters is 1. The average molecular weight is 340 g/mol. The fraction of sp³-hybridized carbons (Fsp3) is 0.706. The maximum absolute atomic E-state index is 12.8. The van der Waals surface area contributed by atoms with Crippen LogP contribution in [0.2, 0.25) is 0 Å². The van der Waals surface area contributed by atoms with Gasteiger partial charge in [-0.05, 0) is 46.5 Å². The van der Waals surface area contributed by atoms with Crippen LogP contribution in [0.3, 0.4) is 0 Å². The highest BCUT2D eigenvalue weighted by Crippen LogP contribution is 2.35. The van der Waals surface area contributed by atoms with E-state index in [1.807, 2.05) is 0 Å². The van der Waals surface area contributed by atoms with E-state index in [0.717, 1.165) is 0 Å². The zero-order valence-corrected chi connectivity index (χ0v) is 15.0. The molecular formula is C17H28N2O5. The van der Waals surface area contributed by atoms with E-state index >= 15 is 0 Å². The van der Waals surface area contributed by atoms with Crippen molar-refractivity contribution in [2.75, 3.05) is 20.2 Å². The van der Waals surface area contributed by atoms with Gasteiger partial charge < -0.3 is 14.8 Å². The van der Waals surface area contributed by atoms with E-state index in [4.69, 9.17) is 4.74 Å². The molecule has 7 nitrogen and oxygen atoms in total. The first kappa shape index (κ1) is 20.0. The highest BCUT2D eigenvalue weighted by atomic mass is 16.6. The summed E-state index contributed by atoms with van der Waals surface area (Å²) >= 11 is 0. The molecule has 0 aromatic heterocycles. The summed E-state index contributed by atoms with van der Waals surface area (Å²) in [6.07, 6.45) is 3.42. The molecule has 0 unspecified atom stereocenters. The molecule has 1 aliphatic rings. The molecule has 1 N–H and O–H groups in total. The number of likely N-dealkylation sites (tertiary alicyclic amines) is 1. The molecule has 0 aromatic carbocycles. The molecule has 1 rings (SSSR count). The van der Waals surface area contributed by atoms with Gasteiger partial charge in [0.25, 0.3) is 0 Å². The van der Waals surface area contributed by atoms with Crippen LogP contribution in [0, 0.1) is 0 Å². The molecule has 1 atom stereocenters. The molecule has 1 heterocycles. The summed E-state index contributed by atoms with van der Waals surface area (Å²) in [5, 5.41) is 2.58.